The van der Waals surface area contributed by atoms with E-state index in [0.29, 0.717) is 13.1 Å². The third-order valence-corrected chi connectivity index (χ3v) is 5.17. The number of sulfonamides is 1. The molecule has 0 aromatic carbocycles. The molecule has 0 saturated carbocycles. The summed E-state index contributed by atoms with van der Waals surface area (Å²) in [6.45, 7) is 5.07. The zero-order chi connectivity index (χ0) is 15.3. The van der Waals surface area contributed by atoms with Crippen LogP contribution in [0.25, 0.3) is 0 Å². The fourth-order valence-corrected chi connectivity index (χ4v) is 3.46. The molecule has 1 atom stereocenters. The van der Waals surface area contributed by atoms with Gasteiger partial charge in [-0.1, -0.05) is 13.0 Å². The van der Waals surface area contributed by atoms with Crippen molar-refractivity contribution in [2.24, 2.45) is 0 Å². The molecule has 2 N–H and O–H groups in total. The Bertz CT molecular complexity index is 545. The largest absolute Gasteiger partial charge is 0.313 e. The summed E-state index contributed by atoms with van der Waals surface area (Å²) in [6.07, 6.45) is 3.77. The van der Waals surface area contributed by atoms with Gasteiger partial charge in [-0.05, 0) is 44.6 Å². The van der Waals surface area contributed by atoms with Gasteiger partial charge in [0, 0.05) is 25.3 Å². The highest BCUT2D eigenvalue weighted by Gasteiger charge is 2.23. The molecule has 1 aromatic rings. The summed E-state index contributed by atoms with van der Waals surface area (Å²) in [6, 6.07) is 3.65. The van der Waals surface area contributed by atoms with Gasteiger partial charge >= 0.3 is 0 Å². The minimum Gasteiger partial charge on any atom is -0.313 e. The topological polar surface area (TPSA) is 74.3 Å². The van der Waals surface area contributed by atoms with E-state index < -0.39 is 10.0 Å². The number of aromatic nitrogens is 1. The summed E-state index contributed by atoms with van der Waals surface area (Å²) in [4.78, 5) is 6.25. The Morgan fingerprint density at radius 1 is 1.43 bits per heavy atom. The molecule has 1 unspecified atom stereocenters. The Morgan fingerprint density at radius 3 is 2.81 bits per heavy atom. The lowest BCUT2D eigenvalue weighted by Gasteiger charge is -2.19. The maximum absolute atomic E-state index is 12.2. The SMILES string of the molecule is CCNCc1ccc(S(=O)(=O)NCC2CCCN2C)nc1. The number of hydrogen-bond donors (Lipinski definition) is 2. The van der Waals surface area contributed by atoms with Crippen molar-refractivity contribution >= 4 is 10.0 Å². The minimum atomic E-state index is -3.52. The molecule has 21 heavy (non-hydrogen) atoms. The third-order valence-electron chi connectivity index (χ3n) is 3.83. The quantitative estimate of drug-likeness (QED) is 0.770. The van der Waals surface area contributed by atoms with Crippen molar-refractivity contribution in [1.29, 1.82) is 0 Å². The van der Waals surface area contributed by atoms with Gasteiger partial charge in [0.25, 0.3) is 10.0 Å². The lowest BCUT2D eigenvalue weighted by molar-refractivity contribution is 0.310. The highest BCUT2D eigenvalue weighted by molar-refractivity contribution is 7.89. The van der Waals surface area contributed by atoms with Crippen LogP contribution in [0.2, 0.25) is 0 Å². The Morgan fingerprint density at radius 2 is 2.24 bits per heavy atom. The van der Waals surface area contributed by atoms with Gasteiger partial charge in [-0.15, -0.1) is 0 Å². The van der Waals surface area contributed by atoms with Crippen molar-refractivity contribution in [1.82, 2.24) is 19.9 Å². The molecule has 2 heterocycles. The number of pyridine rings is 1. The smallest absolute Gasteiger partial charge is 0.258 e. The molecule has 118 valence electrons. The van der Waals surface area contributed by atoms with Crippen LogP contribution in [-0.4, -0.2) is 51.0 Å². The average molecular weight is 312 g/mol. The summed E-state index contributed by atoms with van der Waals surface area (Å²) in [5, 5.41) is 3.27. The summed E-state index contributed by atoms with van der Waals surface area (Å²) in [7, 11) is -1.49. The molecule has 1 aromatic heterocycles. The second-order valence-corrected chi connectivity index (χ2v) is 7.13. The molecular weight excluding hydrogens is 288 g/mol. The summed E-state index contributed by atoms with van der Waals surface area (Å²) < 4.78 is 27.1. The fourth-order valence-electron chi connectivity index (χ4n) is 2.46. The number of nitrogens with one attached hydrogen (secondary N) is 2. The van der Waals surface area contributed by atoms with Crippen LogP contribution >= 0.6 is 0 Å². The number of nitrogens with zero attached hydrogens (tertiary/aromatic N) is 2. The average Bonchev–Trinajstić information content (AvgIpc) is 2.89. The van der Waals surface area contributed by atoms with E-state index in [-0.39, 0.29) is 11.1 Å². The highest BCUT2D eigenvalue weighted by atomic mass is 32.2. The molecule has 0 bridgehead atoms. The first-order chi connectivity index (χ1) is 10.0. The van der Waals surface area contributed by atoms with Crippen molar-refractivity contribution in [2.75, 3.05) is 26.7 Å². The van der Waals surface area contributed by atoms with E-state index in [4.69, 9.17) is 0 Å². The molecule has 7 heteroatoms. The first-order valence-corrected chi connectivity index (χ1v) is 8.87. The van der Waals surface area contributed by atoms with Crippen molar-refractivity contribution in [3.05, 3.63) is 23.9 Å². The van der Waals surface area contributed by atoms with Crippen molar-refractivity contribution in [3.63, 3.8) is 0 Å². The maximum atomic E-state index is 12.2. The van der Waals surface area contributed by atoms with E-state index >= 15 is 0 Å². The lowest BCUT2D eigenvalue weighted by Crippen LogP contribution is -2.38. The Balaban J connectivity index is 1.95. The second-order valence-electron chi connectivity index (χ2n) is 5.41. The van der Waals surface area contributed by atoms with E-state index in [1.165, 1.54) is 0 Å². The molecule has 0 radical (unpaired) electrons. The van der Waals surface area contributed by atoms with Gasteiger partial charge < -0.3 is 10.2 Å². The van der Waals surface area contributed by atoms with E-state index in [0.717, 1.165) is 31.5 Å². The summed E-state index contributed by atoms with van der Waals surface area (Å²) in [5.74, 6) is 0. The number of likely N-dealkylation sites (tertiary alicyclic amines) is 1. The molecule has 0 aliphatic carbocycles. The van der Waals surface area contributed by atoms with Crippen LogP contribution in [0, 0.1) is 0 Å². The van der Waals surface area contributed by atoms with Crippen LogP contribution in [0.15, 0.2) is 23.4 Å². The van der Waals surface area contributed by atoms with Crippen molar-refractivity contribution in [2.45, 2.75) is 37.4 Å². The van der Waals surface area contributed by atoms with Crippen LogP contribution < -0.4 is 10.0 Å². The van der Waals surface area contributed by atoms with Gasteiger partial charge in [-0.2, -0.15) is 0 Å². The zero-order valence-electron chi connectivity index (χ0n) is 12.7. The van der Waals surface area contributed by atoms with E-state index in [1.54, 1.807) is 18.3 Å². The van der Waals surface area contributed by atoms with E-state index in [9.17, 15) is 8.42 Å². The molecule has 2 rings (SSSR count). The minimum absolute atomic E-state index is 0.0865. The molecule has 1 fully saturated rings. The van der Waals surface area contributed by atoms with Crippen LogP contribution in [-0.2, 0) is 16.6 Å². The normalized spacial score (nSPS) is 20.0. The van der Waals surface area contributed by atoms with Gasteiger partial charge in [0.05, 0.1) is 0 Å². The number of hydrogen-bond acceptors (Lipinski definition) is 5. The standard InChI is InChI=1S/C14H24N4O2S/c1-3-15-9-12-6-7-14(16-10-12)21(19,20)17-11-13-5-4-8-18(13)2/h6-7,10,13,15,17H,3-5,8-9,11H2,1-2H3. The fraction of sp³-hybridized carbons (Fsp3) is 0.643. The first kappa shape index (κ1) is 16.4. The summed E-state index contributed by atoms with van der Waals surface area (Å²) >= 11 is 0. The zero-order valence-corrected chi connectivity index (χ0v) is 13.5. The van der Waals surface area contributed by atoms with Crippen molar-refractivity contribution in [3.8, 4) is 0 Å². The molecule has 1 aliphatic rings. The van der Waals surface area contributed by atoms with E-state index in [2.05, 4.69) is 19.9 Å². The number of likely N-dealkylation sites (N-methyl/N-ethyl adjacent to an activating group) is 1. The molecule has 6 nitrogen and oxygen atoms in total. The van der Waals surface area contributed by atoms with Crippen LogP contribution in [0.4, 0.5) is 0 Å². The van der Waals surface area contributed by atoms with Crippen molar-refractivity contribution < 1.29 is 8.42 Å². The second kappa shape index (κ2) is 7.31. The highest BCUT2D eigenvalue weighted by Crippen LogP contribution is 2.14. The Labute approximate surface area is 127 Å². The Kier molecular flexibility index (Phi) is 5.69. The van der Waals surface area contributed by atoms with Gasteiger partial charge in [0.2, 0.25) is 0 Å². The summed E-state index contributed by atoms with van der Waals surface area (Å²) in [5.41, 5.74) is 0.978. The van der Waals surface area contributed by atoms with Crippen LogP contribution in [0.5, 0.6) is 0 Å². The Hall–Kier alpha value is -1.02. The van der Waals surface area contributed by atoms with Gasteiger partial charge in [-0.3, -0.25) is 0 Å². The van der Waals surface area contributed by atoms with Gasteiger partial charge in [0.1, 0.15) is 0 Å². The monoisotopic (exact) mass is 312 g/mol. The predicted molar refractivity (Wildman–Crippen MR) is 82.5 cm³/mol. The predicted octanol–water partition coefficient (Wildman–Crippen LogP) is 0.564. The van der Waals surface area contributed by atoms with Crippen LogP contribution in [0.1, 0.15) is 25.3 Å². The van der Waals surface area contributed by atoms with E-state index in [1.807, 2.05) is 14.0 Å². The third kappa shape index (κ3) is 4.47. The molecular formula is C14H24N4O2S. The maximum Gasteiger partial charge on any atom is 0.258 e. The molecule has 1 aliphatic heterocycles. The molecule has 0 spiro atoms. The van der Waals surface area contributed by atoms with Crippen LogP contribution in [0.3, 0.4) is 0 Å². The number of rotatable bonds is 7. The molecule has 1 saturated heterocycles. The first-order valence-electron chi connectivity index (χ1n) is 7.38. The van der Waals surface area contributed by atoms with Gasteiger partial charge in [0.15, 0.2) is 5.03 Å². The van der Waals surface area contributed by atoms with Gasteiger partial charge in [-0.25, -0.2) is 18.1 Å². The molecule has 0 amide bonds. The lowest BCUT2D eigenvalue weighted by atomic mass is 10.2.